The molecular formula is C22H30O4. The van der Waals surface area contributed by atoms with Crippen LogP contribution in [0, 0.1) is 0 Å². The lowest BCUT2D eigenvalue weighted by molar-refractivity contribution is 0.0339. The summed E-state index contributed by atoms with van der Waals surface area (Å²) in [5.41, 5.74) is 4.51. The Morgan fingerprint density at radius 1 is 0.654 bits per heavy atom. The molecule has 0 fully saturated rings. The monoisotopic (exact) mass is 358 g/mol. The van der Waals surface area contributed by atoms with Gasteiger partial charge in [-0.15, -0.1) is 0 Å². The minimum absolute atomic E-state index is 0.163. The summed E-state index contributed by atoms with van der Waals surface area (Å²) in [6, 6.07) is 16.3. The summed E-state index contributed by atoms with van der Waals surface area (Å²) in [5, 5.41) is 18.3. The summed E-state index contributed by atoms with van der Waals surface area (Å²) in [6.45, 7) is 6.55. The Hall–Kier alpha value is -1.72. The van der Waals surface area contributed by atoms with Crippen molar-refractivity contribution in [3.05, 3.63) is 70.8 Å². The van der Waals surface area contributed by atoms with E-state index in [0.717, 1.165) is 22.3 Å². The molecular weight excluding hydrogens is 328 g/mol. The lowest BCUT2D eigenvalue weighted by Gasteiger charge is -2.10. The molecule has 4 nitrogen and oxygen atoms in total. The summed E-state index contributed by atoms with van der Waals surface area (Å²) in [5.74, 6) is 0.332. The minimum atomic E-state index is 0.163. The number of rotatable bonds is 11. The van der Waals surface area contributed by atoms with Gasteiger partial charge in [-0.3, -0.25) is 0 Å². The minimum Gasteiger partial charge on any atom is -0.396 e. The highest BCUT2D eigenvalue weighted by Gasteiger charge is 2.04. The Balaban J connectivity index is 1.62. The van der Waals surface area contributed by atoms with Crippen LogP contribution in [-0.2, 0) is 22.7 Å². The van der Waals surface area contributed by atoms with Crippen LogP contribution in [0.2, 0.25) is 0 Å². The third kappa shape index (κ3) is 6.54. The van der Waals surface area contributed by atoms with E-state index in [9.17, 15) is 0 Å². The average Bonchev–Trinajstić information content (AvgIpc) is 2.70. The molecule has 0 saturated heterocycles. The van der Waals surface area contributed by atoms with E-state index in [1.807, 2.05) is 62.4 Å². The average molecular weight is 358 g/mol. The number of ether oxygens (including phenoxy) is 2. The smallest absolute Gasteiger partial charge is 0.0718 e. The Morgan fingerprint density at radius 2 is 1.00 bits per heavy atom. The molecule has 142 valence electrons. The van der Waals surface area contributed by atoms with Crippen molar-refractivity contribution >= 4 is 0 Å². The van der Waals surface area contributed by atoms with Crippen LogP contribution in [0.5, 0.6) is 0 Å². The summed E-state index contributed by atoms with van der Waals surface area (Å²) < 4.78 is 11.3. The van der Waals surface area contributed by atoms with Crippen LogP contribution in [0.3, 0.4) is 0 Å². The fourth-order valence-corrected chi connectivity index (χ4v) is 2.59. The van der Waals surface area contributed by atoms with E-state index in [4.69, 9.17) is 19.7 Å². The predicted molar refractivity (Wildman–Crippen MR) is 103 cm³/mol. The third-order valence-corrected chi connectivity index (χ3v) is 4.55. The zero-order valence-electron chi connectivity index (χ0n) is 15.7. The van der Waals surface area contributed by atoms with Crippen molar-refractivity contribution in [2.24, 2.45) is 0 Å². The van der Waals surface area contributed by atoms with E-state index < -0.39 is 0 Å². The second kappa shape index (κ2) is 11.1. The van der Waals surface area contributed by atoms with Gasteiger partial charge in [0.05, 0.1) is 26.4 Å². The Kier molecular flexibility index (Phi) is 8.78. The fourth-order valence-electron chi connectivity index (χ4n) is 2.59. The Bertz CT molecular complexity index is 564. The number of hydrogen-bond acceptors (Lipinski definition) is 4. The van der Waals surface area contributed by atoms with Crippen molar-refractivity contribution in [3.63, 3.8) is 0 Å². The van der Waals surface area contributed by atoms with Gasteiger partial charge >= 0.3 is 0 Å². The van der Waals surface area contributed by atoms with Crippen LogP contribution in [0.15, 0.2) is 48.5 Å². The molecule has 0 bridgehead atoms. The van der Waals surface area contributed by atoms with Crippen molar-refractivity contribution in [1.82, 2.24) is 0 Å². The summed E-state index contributed by atoms with van der Waals surface area (Å²) in [4.78, 5) is 0. The van der Waals surface area contributed by atoms with E-state index in [2.05, 4.69) is 0 Å². The van der Waals surface area contributed by atoms with Gasteiger partial charge in [-0.05, 0) is 22.3 Å². The molecule has 0 aliphatic carbocycles. The van der Waals surface area contributed by atoms with Crippen LogP contribution in [0.25, 0.3) is 0 Å². The summed E-state index contributed by atoms with van der Waals surface area (Å²) in [7, 11) is 0. The zero-order valence-corrected chi connectivity index (χ0v) is 15.7. The van der Waals surface area contributed by atoms with Gasteiger partial charge in [0.1, 0.15) is 0 Å². The van der Waals surface area contributed by atoms with Crippen molar-refractivity contribution in [1.29, 1.82) is 0 Å². The molecule has 0 radical (unpaired) electrons. The normalized spacial score (nSPS) is 13.5. The van der Waals surface area contributed by atoms with Crippen LogP contribution >= 0.6 is 0 Å². The zero-order chi connectivity index (χ0) is 18.8. The van der Waals surface area contributed by atoms with Gasteiger partial charge in [-0.25, -0.2) is 0 Å². The highest BCUT2D eigenvalue weighted by atomic mass is 16.5. The number of aliphatic hydroxyl groups excluding tert-OH is 2. The SMILES string of the molecule is CC(CO)c1ccc(COCCOCc2ccc(C(C)CO)cc2)cc1. The second-order valence-electron chi connectivity index (χ2n) is 6.76. The number of aliphatic hydroxyl groups is 2. The van der Waals surface area contributed by atoms with Crippen molar-refractivity contribution in [3.8, 4) is 0 Å². The van der Waals surface area contributed by atoms with Gasteiger partial charge in [0.15, 0.2) is 0 Å². The molecule has 26 heavy (non-hydrogen) atoms. The molecule has 0 aliphatic rings. The maximum Gasteiger partial charge on any atom is 0.0718 e. The van der Waals surface area contributed by atoms with Crippen LogP contribution in [-0.4, -0.2) is 36.6 Å². The standard InChI is InChI=1S/C22H30O4/c1-17(13-23)21-7-3-19(4-8-21)15-25-11-12-26-16-20-5-9-22(10-6-20)18(2)14-24/h3-10,17-18,23-24H,11-16H2,1-2H3. The molecule has 2 rings (SSSR count). The molecule has 2 aromatic carbocycles. The van der Waals surface area contributed by atoms with Crippen molar-refractivity contribution < 1.29 is 19.7 Å². The molecule has 4 heteroatoms. The molecule has 0 spiro atoms. The lowest BCUT2D eigenvalue weighted by Crippen LogP contribution is -2.05. The van der Waals surface area contributed by atoms with E-state index in [-0.39, 0.29) is 25.0 Å². The predicted octanol–water partition coefficient (Wildman–Crippen LogP) is 3.61. The Labute approximate surface area is 156 Å². The fraction of sp³-hybridized carbons (Fsp3) is 0.455. The number of benzene rings is 2. The van der Waals surface area contributed by atoms with E-state index in [1.165, 1.54) is 0 Å². The molecule has 2 aromatic rings. The van der Waals surface area contributed by atoms with Gasteiger partial charge in [-0.1, -0.05) is 62.4 Å². The topological polar surface area (TPSA) is 58.9 Å². The Morgan fingerprint density at radius 3 is 1.31 bits per heavy atom. The molecule has 0 amide bonds. The highest BCUT2D eigenvalue weighted by Crippen LogP contribution is 2.16. The second-order valence-corrected chi connectivity index (χ2v) is 6.76. The van der Waals surface area contributed by atoms with E-state index in [0.29, 0.717) is 26.4 Å². The van der Waals surface area contributed by atoms with Gasteiger partial charge < -0.3 is 19.7 Å². The molecule has 0 aliphatic heterocycles. The van der Waals surface area contributed by atoms with Crippen molar-refractivity contribution in [2.45, 2.75) is 38.9 Å². The lowest BCUT2D eigenvalue weighted by atomic mass is 10.0. The first-order chi connectivity index (χ1) is 12.6. The quantitative estimate of drug-likeness (QED) is 0.603. The summed E-state index contributed by atoms with van der Waals surface area (Å²) in [6.07, 6.45) is 0. The maximum atomic E-state index is 9.16. The van der Waals surface area contributed by atoms with E-state index >= 15 is 0 Å². The summed E-state index contributed by atoms with van der Waals surface area (Å²) >= 11 is 0. The van der Waals surface area contributed by atoms with Gasteiger partial charge in [0, 0.05) is 25.0 Å². The van der Waals surface area contributed by atoms with Crippen LogP contribution < -0.4 is 0 Å². The molecule has 2 unspecified atom stereocenters. The molecule has 2 atom stereocenters. The molecule has 0 saturated carbocycles. The maximum absolute atomic E-state index is 9.16. The third-order valence-electron chi connectivity index (χ3n) is 4.55. The van der Waals surface area contributed by atoms with Crippen LogP contribution in [0.1, 0.15) is 47.9 Å². The van der Waals surface area contributed by atoms with Crippen LogP contribution in [0.4, 0.5) is 0 Å². The van der Waals surface area contributed by atoms with E-state index in [1.54, 1.807) is 0 Å². The molecule has 0 aromatic heterocycles. The first kappa shape index (κ1) is 20.6. The molecule has 2 N–H and O–H groups in total. The number of hydrogen-bond donors (Lipinski definition) is 2. The van der Waals surface area contributed by atoms with Gasteiger partial charge in [0.2, 0.25) is 0 Å². The largest absolute Gasteiger partial charge is 0.396 e. The first-order valence-electron chi connectivity index (χ1n) is 9.19. The van der Waals surface area contributed by atoms with Crippen molar-refractivity contribution in [2.75, 3.05) is 26.4 Å². The first-order valence-corrected chi connectivity index (χ1v) is 9.19. The molecule has 0 heterocycles. The highest BCUT2D eigenvalue weighted by molar-refractivity contribution is 5.25. The van der Waals surface area contributed by atoms with Gasteiger partial charge in [-0.2, -0.15) is 0 Å². The van der Waals surface area contributed by atoms with Gasteiger partial charge in [0.25, 0.3) is 0 Å².